The van der Waals surface area contributed by atoms with E-state index in [1.54, 1.807) is 7.11 Å². The van der Waals surface area contributed by atoms with E-state index in [1.165, 1.54) is 25.7 Å². The Labute approximate surface area is 133 Å². The molecule has 124 valence electrons. The Morgan fingerprint density at radius 1 is 1.24 bits per heavy atom. The highest BCUT2D eigenvalue weighted by molar-refractivity contribution is 5.85. The van der Waals surface area contributed by atoms with Gasteiger partial charge >= 0.3 is 0 Å². The molecule has 1 aliphatic heterocycles. The van der Waals surface area contributed by atoms with Crippen LogP contribution >= 0.6 is 12.4 Å². The molecule has 3 atom stereocenters. The van der Waals surface area contributed by atoms with Gasteiger partial charge in [0, 0.05) is 26.3 Å². The van der Waals surface area contributed by atoms with Gasteiger partial charge in [0.05, 0.1) is 19.3 Å². The average molecular weight is 321 g/mol. The first-order valence-electron chi connectivity index (χ1n) is 7.91. The highest BCUT2D eigenvalue weighted by Gasteiger charge is 2.37. The SMILES string of the molecule is COCCOCCCNC(=O)C1CC2CCCCC2N1.Cl. The van der Waals surface area contributed by atoms with Gasteiger partial charge in [-0.15, -0.1) is 12.4 Å². The van der Waals surface area contributed by atoms with Crippen LogP contribution in [0.4, 0.5) is 0 Å². The Kier molecular flexibility index (Phi) is 9.24. The molecule has 0 aromatic carbocycles. The van der Waals surface area contributed by atoms with Gasteiger partial charge in [-0.05, 0) is 31.6 Å². The van der Waals surface area contributed by atoms with E-state index in [-0.39, 0.29) is 24.4 Å². The van der Waals surface area contributed by atoms with Crippen LogP contribution in [0.5, 0.6) is 0 Å². The Bertz CT molecular complexity index is 291. The van der Waals surface area contributed by atoms with Gasteiger partial charge in [-0.2, -0.15) is 0 Å². The molecule has 0 spiro atoms. The lowest BCUT2D eigenvalue weighted by Gasteiger charge is -2.24. The molecule has 1 saturated heterocycles. The minimum atomic E-state index is 0. The first-order valence-corrected chi connectivity index (χ1v) is 7.91. The third-order valence-corrected chi connectivity index (χ3v) is 4.38. The van der Waals surface area contributed by atoms with Gasteiger partial charge in [0.2, 0.25) is 5.91 Å². The second-order valence-electron chi connectivity index (χ2n) is 5.86. The first kappa shape index (κ1) is 18.7. The van der Waals surface area contributed by atoms with Crippen molar-refractivity contribution in [2.45, 2.75) is 50.6 Å². The van der Waals surface area contributed by atoms with Crippen molar-refractivity contribution in [1.82, 2.24) is 10.6 Å². The molecular formula is C15H29ClN2O3. The number of ether oxygens (including phenoxy) is 2. The Morgan fingerprint density at radius 3 is 2.81 bits per heavy atom. The van der Waals surface area contributed by atoms with Gasteiger partial charge in [-0.25, -0.2) is 0 Å². The van der Waals surface area contributed by atoms with Crippen molar-refractivity contribution in [2.24, 2.45) is 5.92 Å². The van der Waals surface area contributed by atoms with Crippen molar-refractivity contribution in [3.63, 3.8) is 0 Å². The molecule has 0 radical (unpaired) electrons. The minimum absolute atomic E-state index is 0. The van der Waals surface area contributed by atoms with Gasteiger partial charge in [0.25, 0.3) is 0 Å². The van der Waals surface area contributed by atoms with E-state index < -0.39 is 0 Å². The molecule has 2 fully saturated rings. The number of nitrogens with one attached hydrogen (secondary N) is 2. The van der Waals surface area contributed by atoms with E-state index >= 15 is 0 Å². The molecule has 1 heterocycles. The van der Waals surface area contributed by atoms with Crippen LogP contribution in [0.2, 0.25) is 0 Å². The Hall–Kier alpha value is -0.360. The minimum Gasteiger partial charge on any atom is -0.382 e. The monoisotopic (exact) mass is 320 g/mol. The molecule has 21 heavy (non-hydrogen) atoms. The maximum absolute atomic E-state index is 12.1. The van der Waals surface area contributed by atoms with Gasteiger partial charge < -0.3 is 20.1 Å². The van der Waals surface area contributed by atoms with Crippen LogP contribution < -0.4 is 10.6 Å². The maximum Gasteiger partial charge on any atom is 0.237 e. The summed E-state index contributed by atoms with van der Waals surface area (Å²) in [5.41, 5.74) is 0. The quantitative estimate of drug-likeness (QED) is 0.665. The van der Waals surface area contributed by atoms with Crippen molar-refractivity contribution < 1.29 is 14.3 Å². The molecule has 6 heteroatoms. The number of fused-ring (bicyclic) bond motifs is 1. The molecule has 0 aromatic heterocycles. The zero-order valence-corrected chi connectivity index (χ0v) is 13.8. The number of halogens is 1. The number of carbonyl (C=O) groups excluding carboxylic acids is 1. The highest BCUT2D eigenvalue weighted by Crippen LogP contribution is 2.33. The average Bonchev–Trinajstić information content (AvgIpc) is 2.90. The third kappa shape index (κ3) is 6.10. The zero-order chi connectivity index (χ0) is 14.2. The highest BCUT2D eigenvalue weighted by atomic mass is 35.5. The fourth-order valence-electron chi connectivity index (χ4n) is 3.27. The molecule has 0 bridgehead atoms. The van der Waals surface area contributed by atoms with Gasteiger partial charge in [-0.3, -0.25) is 4.79 Å². The molecule has 0 aromatic rings. The first-order chi connectivity index (χ1) is 9.81. The lowest BCUT2D eigenvalue weighted by molar-refractivity contribution is -0.122. The summed E-state index contributed by atoms with van der Waals surface area (Å²) in [7, 11) is 1.66. The number of carbonyl (C=O) groups is 1. The molecule has 1 aliphatic carbocycles. The van der Waals surface area contributed by atoms with Crippen LogP contribution in [-0.2, 0) is 14.3 Å². The lowest BCUT2D eigenvalue weighted by Crippen LogP contribution is -2.43. The van der Waals surface area contributed by atoms with Gasteiger partial charge in [0.15, 0.2) is 0 Å². The fraction of sp³-hybridized carbons (Fsp3) is 0.933. The van der Waals surface area contributed by atoms with Crippen molar-refractivity contribution in [2.75, 3.05) is 33.5 Å². The van der Waals surface area contributed by atoms with E-state index in [2.05, 4.69) is 10.6 Å². The molecule has 5 nitrogen and oxygen atoms in total. The predicted octanol–water partition coefficient (Wildman–Crippen LogP) is 1.50. The zero-order valence-electron chi connectivity index (χ0n) is 12.9. The van der Waals surface area contributed by atoms with E-state index in [9.17, 15) is 4.79 Å². The Morgan fingerprint density at radius 2 is 2.05 bits per heavy atom. The summed E-state index contributed by atoms with van der Waals surface area (Å²) in [5, 5.41) is 6.51. The van der Waals surface area contributed by atoms with Crippen LogP contribution in [0.25, 0.3) is 0 Å². The number of hydrogen-bond acceptors (Lipinski definition) is 4. The number of amides is 1. The third-order valence-electron chi connectivity index (χ3n) is 4.38. The van der Waals surface area contributed by atoms with Crippen molar-refractivity contribution in [3.8, 4) is 0 Å². The normalized spacial score (nSPS) is 27.8. The van der Waals surface area contributed by atoms with Gasteiger partial charge in [0.1, 0.15) is 0 Å². The molecular weight excluding hydrogens is 292 g/mol. The molecule has 3 unspecified atom stereocenters. The smallest absolute Gasteiger partial charge is 0.237 e. The van der Waals surface area contributed by atoms with Crippen LogP contribution in [0.3, 0.4) is 0 Å². The summed E-state index contributed by atoms with van der Waals surface area (Å²) in [6.45, 7) is 2.62. The maximum atomic E-state index is 12.1. The van der Waals surface area contributed by atoms with Crippen molar-refractivity contribution >= 4 is 18.3 Å². The standard InChI is InChI=1S/C15H28N2O3.ClH/c1-19-9-10-20-8-4-7-16-15(18)14-11-12-5-2-3-6-13(12)17-14;/h12-14,17H,2-11H2,1H3,(H,16,18);1H. The van der Waals surface area contributed by atoms with Crippen LogP contribution in [0, 0.1) is 5.92 Å². The van der Waals surface area contributed by atoms with E-state index in [0.717, 1.165) is 18.8 Å². The summed E-state index contributed by atoms with van der Waals surface area (Å²) >= 11 is 0. The summed E-state index contributed by atoms with van der Waals surface area (Å²) in [5.74, 6) is 0.883. The lowest BCUT2D eigenvalue weighted by atomic mass is 9.85. The molecule has 2 rings (SSSR count). The predicted molar refractivity (Wildman–Crippen MR) is 84.9 cm³/mol. The number of methoxy groups -OCH3 is 1. The summed E-state index contributed by atoms with van der Waals surface area (Å²) in [4.78, 5) is 12.1. The van der Waals surface area contributed by atoms with Crippen LogP contribution in [0.1, 0.15) is 38.5 Å². The van der Waals surface area contributed by atoms with Crippen molar-refractivity contribution in [3.05, 3.63) is 0 Å². The largest absolute Gasteiger partial charge is 0.382 e. The topological polar surface area (TPSA) is 59.6 Å². The summed E-state index contributed by atoms with van der Waals surface area (Å²) < 4.78 is 10.3. The van der Waals surface area contributed by atoms with Crippen LogP contribution in [-0.4, -0.2) is 51.5 Å². The molecule has 2 N–H and O–H groups in total. The van der Waals surface area contributed by atoms with E-state index in [0.29, 0.717) is 32.4 Å². The van der Waals surface area contributed by atoms with Crippen LogP contribution in [0.15, 0.2) is 0 Å². The molecule has 1 saturated carbocycles. The van der Waals surface area contributed by atoms with E-state index in [1.807, 2.05) is 0 Å². The summed E-state index contributed by atoms with van der Waals surface area (Å²) in [6.07, 6.45) is 7.03. The number of rotatable bonds is 8. The van der Waals surface area contributed by atoms with E-state index in [4.69, 9.17) is 9.47 Å². The van der Waals surface area contributed by atoms with Crippen molar-refractivity contribution in [1.29, 1.82) is 0 Å². The second-order valence-corrected chi connectivity index (χ2v) is 5.86. The fourth-order valence-corrected chi connectivity index (χ4v) is 3.27. The second kappa shape index (κ2) is 10.4. The molecule has 1 amide bonds. The van der Waals surface area contributed by atoms with Gasteiger partial charge in [-0.1, -0.05) is 12.8 Å². The summed E-state index contributed by atoms with van der Waals surface area (Å²) in [6, 6.07) is 0.606. The molecule has 2 aliphatic rings. The number of hydrogen-bond donors (Lipinski definition) is 2. The Balaban J connectivity index is 0.00000220.